The molecule has 1 aromatic carbocycles. The van der Waals surface area contributed by atoms with E-state index in [0.717, 1.165) is 62.6 Å². The molecule has 1 aliphatic carbocycles. The number of anilines is 1. The van der Waals surface area contributed by atoms with Crippen LogP contribution < -0.4 is 15.0 Å². The topological polar surface area (TPSA) is 73.8 Å². The van der Waals surface area contributed by atoms with Crippen LogP contribution in [0.1, 0.15) is 68.9 Å². The van der Waals surface area contributed by atoms with Crippen molar-refractivity contribution in [2.24, 2.45) is 0 Å². The number of fused-ring (bicyclic) bond motifs is 5. The van der Waals surface area contributed by atoms with Crippen molar-refractivity contribution in [3.8, 4) is 22.9 Å². The summed E-state index contributed by atoms with van der Waals surface area (Å²) in [6.07, 6.45) is 7.33. The van der Waals surface area contributed by atoms with Gasteiger partial charge in [-0.25, -0.2) is 13.8 Å². The molecule has 4 fully saturated rings. The molecule has 10 heteroatoms. The number of phenols is 1. The van der Waals surface area contributed by atoms with Gasteiger partial charge in [-0.3, -0.25) is 9.88 Å². The number of pyridine rings is 2. The highest BCUT2D eigenvalue weighted by atomic mass is 19.1. The number of ether oxygens (including phenoxy) is 1. The molecule has 0 radical (unpaired) electrons. The lowest BCUT2D eigenvalue weighted by Crippen LogP contribution is -2.51. The van der Waals surface area contributed by atoms with Crippen molar-refractivity contribution >= 4 is 16.6 Å². The number of nitrogens with one attached hydrogen (secondary N) is 1. The molecule has 4 saturated heterocycles. The maximum Gasteiger partial charge on any atom is 0.253 e. The van der Waals surface area contributed by atoms with E-state index >= 15 is 8.78 Å². The number of phenolic OH excluding ortho intramolecular Hbond substituents is 1. The van der Waals surface area contributed by atoms with E-state index in [-0.39, 0.29) is 53.1 Å². The molecule has 3 aromatic rings. The normalized spacial score (nSPS) is 29.9. The number of hydrogen-bond acceptors (Lipinski definition) is 7. The molecule has 8 rings (SSSR count). The van der Waals surface area contributed by atoms with Gasteiger partial charge in [0.05, 0.1) is 11.2 Å². The Morgan fingerprint density at radius 2 is 1.93 bits per heavy atom. The summed E-state index contributed by atoms with van der Waals surface area (Å²) in [5.74, 6) is -1.21. The zero-order chi connectivity index (χ0) is 29.5. The first-order valence-electron chi connectivity index (χ1n) is 15.9. The van der Waals surface area contributed by atoms with E-state index in [2.05, 4.69) is 27.1 Å². The van der Waals surface area contributed by atoms with E-state index in [9.17, 15) is 9.50 Å². The lowest BCUT2D eigenvalue weighted by molar-refractivity contribution is 0.108. The number of aryl methyl sites for hydroxylation is 1. The summed E-state index contributed by atoms with van der Waals surface area (Å²) in [6, 6.07) is 3.81. The van der Waals surface area contributed by atoms with Gasteiger partial charge in [0.25, 0.3) is 5.88 Å². The van der Waals surface area contributed by atoms with Gasteiger partial charge in [0, 0.05) is 55.3 Å². The zero-order valence-corrected chi connectivity index (χ0v) is 24.5. The molecule has 0 spiro atoms. The zero-order valence-electron chi connectivity index (χ0n) is 24.5. The smallest absolute Gasteiger partial charge is 0.253 e. The predicted octanol–water partition coefficient (Wildman–Crippen LogP) is 5.62. The van der Waals surface area contributed by atoms with Gasteiger partial charge in [-0.1, -0.05) is 6.92 Å². The molecule has 0 saturated carbocycles. The van der Waals surface area contributed by atoms with Crippen molar-refractivity contribution in [2.45, 2.75) is 88.0 Å². The van der Waals surface area contributed by atoms with E-state index < -0.39 is 23.3 Å². The number of aromatic nitrogens is 2. The molecule has 5 aliphatic rings. The van der Waals surface area contributed by atoms with Crippen LogP contribution >= 0.6 is 0 Å². The highest BCUT2D eigenvalue weighted by molar-refractivity contribution is 5.95. The average molecular weight is 594 g/mol. The van der Waals surface area contributed by atoms with E-state index in [0.29, 0.717) is 37.0 Å². The molecule has 7 nitrogen and oxygen atoms in total. The minimum absolute atomic E-state index is 0.000913. The Bertz CT molecular complexity index is 1590. The van der Waals surface area contributed by atoms with Crippen LogP contribution in [0.2, 0.25) is 0 Å². The molecule has 0 amide bonds. The Balaban J connectivity index is 1.26. The standard InChI is InChI=1S/C33H38F3N5O2/c1-2-18-4-5-19-10-23(42)11-24(26(18)19)29-27(35)30-25(13-37-29)31(40-15-21-6-7-22(16-40)38-21)28(36)32(39-30)43-17-33-8-3-9-41(33)14-20(34)12-33/h10-11,13,18,20-22,38,42H,2-9,12,14-17H2,1H3/t18?,20-,21-,22+,33+/m1/s1. The minimum atomic E-state index is -0.938. The molecule has 2 N–H and O–H groups in total. The fraction of sp³-hybridized carbons (Fsp3) is 0.576. The first kappa shape index (κ1) is 27.4. The van der Waals surface area contributed by atoms with Crippen molar-refractivity contribution in [3.05, 3.63) is 41.1 Å². The summed E-state index contributed by atoms with van der Waals surface area (Å²) in [7, 11) is 0. The van der Waals surface area contributed by atoms with E-state index in [1.165, 1.54) is 6.20 Å². The Morgan fingerprint density at radius 1 is 1.12 bits per heavy atom. The van der Waals surface area contributed by atoms with Crippen LogP contribution in [0, 0.1) is 11.6 Å². The second kappa shape index (κ2) is 10.2. The highest BCUT2D eigenvalue weighted by Crippen LogP contribution is 2.46. The highest BCUT2D eigenvalue weighted by Gasteiger charge is 2.49. The number of rotatable bonds is 6. The van der Waals surface area contributed by atoms with Crippen LogP contribution in [0.15, 0.2) is 18.3 Å². The Labute approximate surface area is 249 Å². The second-order valence-corrected chi connectivity index (χ2v) is 13.4. The van der Waals surface area contributed by atoms with E-state index in [1.54, 1.807) is 12.1 Å². The number of nitrogens with zero attached hydrogens (tertiary/aromatic N) is 4. The molecule has 228 valence electrons. The molecule has 5 atom stereocenters. The number of alkyl halides is 1. The monoisotopic (exact) mass is 593 g/mol. The van der Waals surface area contributed by atoms with Crippen LogP contribution in [0.4, 0.5) is 18.9 Å². The third kappa shape index (κ3) is 4.38. The van der Waals surface area contributed by atoms with Crippen LogP contribution in [0.5, 0.6) is 11.6 Å². The lowest BCUT2D eigenvalue weighted by atomic mass is 9.91. The van der Waals surface area contributed by atoms with Crippen LogP contribution in [0.25, 0.3) is 22.2 Å². The third-order valence-corrected chi connectivity index (χ3v) is 10.8. The quantitative estimate of drug-likeness (QED) is 0.385. The Hall–Kier alpha value is -3.11. The van der Waals surface area contributed by atoms with Gasteiger partial charge >= 0.3 is 0 Å². The van der Waals surface area contributed by atoms with Crippen molar-refractivity contribution in [1.29, 1.82) is 0 Å². The number of halogens is 3. The molecular weight excluding hydrogens is 555 g/mol. The van der Waals surface area contributed by atoms with Gasteiger partial charge in [0.2, 0.25) is 5.82 Å². The maximum absolute atomic E-state index is 16.7. The summed E-state index contributed by atoms with van der Waals surface area (Å²) in [6.45, 7) is 4.56. The first-order valence-corrected chi connectivity index (χ1v) is 15.9. The summed E-state index contributed by atoms with van der Waals surface area (Å²) in [5, 5.41) is 14.4. The van der Waals surface area contributed by atoms with Gasteiger partial charge in [-0.2, -0.15) is 4.39 Å². The Kier molecular flexibility index (Phi) is 6.53. The predicted molar refractivity (Wildman–Crippen MR) is 159 cm³/mol. The van der Waals surface area contributed by atoms with Crippen LogP contribution in [0.3, 0.4) is 0 Å². The van der Waals surface area contributed by atoms with Crippen LogP contribution in [-0.4, -0.2) is 76.6 Å². The van der Waals surface area contributed by atoms with E-state index in [4.69, 9.17) is 4.74 Å². The van der Waals surface area contributed by atoms with Crippen molar-refractivity contribution in [3.63, 3.8) is 0 Å². The van der Waals surface area contributed by atoms with Gasteiger partial charge in [-0.05, 0) is 80.7 Å². The fourth-order valence-electron chi connectivity index (χ4n) is 8.82. The average Bonchev–Trinajstić information content (AvgIpc) is 3.73. The number of hydrogen-bond donors (Lipinski definition) is 2. The molecule has 43 heavy (non-hydrogen) atoms. The van der Waals surface area contributed by atoms with Crippen LogP contribution in [-0.2, 0) is 6.42 Å². The van der Waals surface area contributed by atoms with Gasteiger partial charge in [-0.15, -0.1) is 0 Å². The molecule has 6 heterocycles. The lowest BCUT2D eigenvalue weighted by Gasteiger charge is -2.36. The van der Waals surface area contributed by atoms with Gasteiger partial charge < -0.3 is 20.1 Å². The molecule has 4 aliphatic heterocycles. The molecule has 1 unspecified atom stereocenters. The number of benzene rings is 1. The second-order valence-electron chi connectivity index (χ2n) is 13.4. The Morgan fingerprint density at radius 3 is 2.72 bits per heavy atom. The van der Waals surface area contributed by atoms with Crippen molar-refractivity contribution in [1.82, 2.24) is 20.2 Å². The van der Waals surface area contributed by atoms with E-state index in [1.807, 2.05) is 4.90 Å². The van der Waals surface area contributed by atoms with Gasteiger partial charge in [0.1, 0.15) is 29.7 Å². The number of piperazine rings is 1. The first-order chi connectivity index (χ1) is 20.8. The molecular formula is C33H38F3N5O2. The minimum Gasteiger partial charge on any atom is -0.508 e. The SMILES string of the molecule is CCC1CCc2cc(O)cc(-c3ncc4c(N5C[C@H]6CC[C@@H](C5)N6)c(F)c(OC[C@@]56CCCN5C[C@H](F)C6)nc4c3F)c21. The number of aromatic hydroxyl groups is 1. The summed E-state index contributed by atoms with van der Waals surface area (Å²) >= 11 is 0. The molecule has 2 bridgehead atoms. The van der Waals surface area contributed by atoms with Gasteiger partial charge in [0.15, 0.2) is 5.82 Å². The molecule has 2 aromatic heterocycles. The summed E-state index contributed by atoms with van der Waals surface area (Å²) in [4.78, 5) is 13.2. The van der Waals surface area contributed by atoms with Crippen molar-refractivity contribution in [2.75, 3.05) is 37.7 Å². The third-order valence-electron chi connectivity index (χ3n) is 10.8. The maximum atomic E-state index is 16.7. The van der Waals surface area contributed by atoms with Crippen molar-refractivity contribution < 1.29 is 23.0 Å². The fourth-order valence-corrected chi connectivity index (χ4v) is 8.82. The summed E-state index contributed by atoms with van der Waals surface area (Å²) in [5.41, 5.74) is 2.48. The largest absolute Gasteiger partial charge is 0.508 e. The summed E-state index contributed by atoms with van der Waals surface area (Å²) < 4.78 is 53.9.